The molecule has 6 nitrogen and oxygen atoms in total. The van der Waals surface area contributed by atoms with Gasteiger partial charge in [-0.25, -0.2) is 4.98 Å². The van der Waals surface area contributed by atoms with Gasteiger partial charge in [0.1, 0.15) is 0 Å². The van der Waals surface area contributed by atoms with Gasteiger partial charge in [0.05, 0.1) is 11.3 Å². The van der Waals surface area contributed by atoms with Crippen LogP contribution in [0.5, 0.6) is 0 Å². The molecule has 1 aliphatic rings. The Kier molecular flexibility index (Phi) is 3.72. The van der Waals surface area contributed by atoms with Crippen molar-refractivity contribution in [1.29, 1.82) is 0 Å². The molecule has 1 unspecified atom stereocenters. The highest BCUT2D eigenvalue weighted by atomic mass is 35.5. The van der Waals surface area contributed by atoms with Crippen LogP contribution in [0.1, 0.15) is 34.0 Å². The van der Waals surface area contributed by atoms with Gasteiger partial charge in [-0.05, 0) is 42.2 Å². The summed E-state index contributed by atoms with van der Waals surface area (Å²) in [5.41, 5.74) is 3.32. The quantitative estimate of drug-likeness (QED) is 0.533. The summed E-state index contributed by atoms with van der Waals surface area (Å²) in [4.78, 5) is 25.7. The number of carbonyl (C=O) groups excluding carboxylic acids is 1. The molecule has 0 saturated heterocycles. The first-order chi connectivity index (χ1) is 13.2. The highest BCUT2D eigenvalue weighted by Crippen LogP contribution is 2.33. The number of halogens is 1. The molecular formula is C20H14ClN5O. The number of rotatable bonds is 2. The van der Waals surface area contributed by atoms with E-state index in [0.717, 1.165) is 16.8 Å². The van der Waals surface area contributed by atoms with E-state index in [1.807, 2.05) is 36.4 Å². The predicted molar refractivity (Wildman–Crippen MR) is 101 cm³/mol. The number of pyridine rings is 1. The SMILES string of the molecule is O=C1CC(c2cccc(Cl)c2)Cc2c1cnc1nc(-c3cccnc3)nn21. The van der Waals surface area contributed by atoms with Crippen LogP contribution in [0.4, 0.5) is 0 Å². The molecule has 1 atom stereocenters. The van der Waals surface area contributed by atoms with Crippen LogP contribution in [-0.4, -0.2) is 30.3 Å². The summed E-state index contributed by atoms with van der Waals surface area (Å²) in [5, 5.41) is 5.27. The number of aromatic nitrogens is 5. The first-order valence-corrected chi connectivity index (χ1v) is 9.00. The molecule has 5 rings (SSSR count). The van der Waals surface area contributed by atoms with E-state index < -0.39 is 0 Å². The number of nitrogens with zero attached hydrogens (tertiary/aromatic N) is 5. The highest BCUT2D eigenvalue weighted by Gasteiger charge is 2.29. The average Bonchev–Trinajstić information content (AvgIpc) is 3.13. The summed E-state index contributed by atoms with van der Waals surface area (Å²) in [6, 6.07) is 11.4. The van der Waals surface area contributed by atoms with Crippen molar-refractivity contribution in [3.63, 3.8) is 0 Å². The molecule has 0 radical (unpaired) electrons. The third-order valence-corrected chi connectivity index (χ3v) is 5.11. The normalized spacial score (nSPS) is 16.5. The fourth-order valence-corrected chi connectivity index (χ4v) is 3.76. The standard InChI is InChI=1S/C20H14ClN5O/c21-15-5-1-3-12(7-15)14-8-17-16(18(27)9-14)11-23-20-24-19(25-26(17)20)13-4-2-6-22-10-13/h1-7,10-11,14H,8-9H2. The van der Waals surface area contributed by atoms with Gasteiger partial charge in [-0.2, -0.15) is 9.50 Å². The number of hydrogen-bond acceptors (Lipinski definition) is 5. The molecule has 1 aromatic carbocycles. The molecule has 0 bridgehead atoms. The molecule has 0 saturated carbocycles. The zero-order valence-electron chi connectivity index (χ0n) is 14.2. The zero-order valence-corrected chi connectivity index (χ0v) is 15.0. The molecule has 27 heavy (non-hydrogen) atoms. The van der Waals surface area contributed by atoms with Gasteiger partial charge >= 0.3 is 0 Å². The lowest BCUT2D eigenvalue weighted by Crippen LogP contribution is -2.22. The van der Waals surface area contributed by atoms with Crippen LogP contribution >= 0.6 is 11.6 Å². The summed E-state index contributed by atoms with van der Waals surface area (Å²) in [6.45, 7) is 0. The molecule has 4 aromatic rings. The summed E-state index contributed by atoms with van der Waals surface area (Å²) in [7, 11) is 0. The van der Waals surface area contributed by atoms with Crippen molar-refractivity contribution < 1.29 is 4.79 Å². The summed E-state index contributed by atoms with van der Waals surface area (Å²) in [5.74, 6) is 1.14. The third-order valence-electron chi connectivity index (χ3n) is 4.88. The Labute approximate surface area is 159 Å². The number of hydrogen-bond donors (Lipinski definition) is 0. The van der Waals surface area contributed by atoms with Gasteiger partial charge < -0.3 is 0 Å². The van der Waals surface area contributed by atoms with Crippen molar-refractivity contribution in [3.8, 4) is 11.4 Å². The molecular weight excluding hydrogens is 362 g/mol. The minimum Gasteiger partial charge on any atom is -0.294 e. The Bertz CT molecular complexity index is 1170. The van der Waals surface area contributed by atoms with Crippen molar-refractivity contribution in [2.24, 2.45) is 0 Å². The zero-order chi connectivity index (χ0) is 18.4. The van der Waals surface area contributed by atoms with Crippen molar-refractivity contribution in [3.05, 3.63) is 76.8 Å². The van der Waals surface area contributed by atoms with E-state index in [1.165, 1.54) is 0 Å². The summed E-state index contributed by atoms with van der Waals surface area (Å²) < 4.78 is 1.69. The van der Waals surface area contributed by atoms with Crippen molar-refractivity contribution in [2.45, 2.75) is 18.8 Å². The lowest BCUT2D eigenvalue weighted by Gasteiger charge is -2.24. The van der Waals surface area contributed by atoms with E-state index >= 15 is 0 Å². The van der Waals surface area contributed by atoms with Crippen LogP contribution in [0, 0.1) is 0 Å². The van der Waals surface area contributed by atoms with Crippen LogP contribution in [0.15, 0.2) is 55.0 Å². The number of benzene rings is 1. The fraction of sp³-hybridized carbons (Fsp3) is 0.150. The van der Waals surface area contributed by atoms with Crippen LogP contribution in [-0.2, 0) is 6.42 Å². The average molecular weight is 376 g/mol. The molecule has 0 aliphatic heterocycles. The molecule has 3 heterocycles. The molecule has 7 heteroatoms. The van der Waals surface area contributed by atoms with Gasteiger partial charge in [0, 0.05) is 35.6 Å². The summed E-state index contributed by atoms with van der Waals surface area (Å²) >= 11 is 6.14. The molecule has 0 amide bonds. The largest absolute Gasteiger partial charge is 0.294 e. The van der Waals surface area contributed by atoms with Crippen LogP contribution < -0.4 is 0 Å². The van der Waals surface area contributed by atoms with Gasteiger partial charge in [0.25, 0.3) is 5.78 Å². The first-order valence-electron chi connectivity index (χ1n) is 8.63. The lowest BCUT2D eigenvalue weighted by molar-refractivity contribution is 0.0962. The maximum atomic E-state index is 12.7. The molecule has 1 aliphatic carbocycles. The Balaban J connectivity index is 1.62. The van der Waals surface area contributed by atoms with E-state index in [4.69, 9.17) is 11.6 Å². The minimum absolute atomic E-state index is 0.0559. The number of carbonyl (C=O) groups is 1. The van der Waals surface area contributed by atoms with E-state index in [-0.39, 0.29) is 11.7 Å². The smallest absolute Gasteiger partial charge is 0.252 e. The fourth-order valence-electron chi connectivity index (χ4n) is 3.56. The Morgan fingerprint density at radius 1 is 1.11 bits per heavy atom. The topological polar surface area (TPSA) is 73.0 Å². The molecule has 3 aromatic heterocycles. The monoisotopic (exact) mass is 375 g/mol. The highest BCUT2D eigenvalue weighted by molar-refractivity contribution is 6.30. The third kappa shape index (κ3) is 2.78. The van der Waals surface area contributed by atoms with Crippen molar-refractivity contribution in [2.75, 3.05) is 0 Å². The van der Waals surface area contributed by atoms with Gasteiger partial charge in [0.2, 0.25) is 0 Å². The first kappa shape index (κ1) is 16.1. The van der Waals surface area contributed by atoms with Crippen molar-refractivity contribution in [1.82, 2.24) is 24.6 Å². The maximum Gasteiger partial charge on any atom is 0.252 e. The molecule has 0 spiro atoms. The Morgan fingerprint density at radius 3 is 2.85 bits per heavy atom. The van der Waals surface area contributed by atoms with Crippen LogP contribution in [0.25, 0.3) is 17.2 Å². The van der Waals surface area contributed by atoms with Gasteiger partial charge in [-0.1, -0.05) is 23.7 Å². The van der Waals surface area contributed by atoms with E-state index in [0.29, 0.717) is 35.0 Å². The van der Waals surface area contributed by atoms with E-state index in [2.05, 4.69) is 20.1 Å². The molecule has 0 fully saturated rings. The van der Waals surface area contributed by atoms with Gasteiger partial charge in [0.15, 0.2) is 11.6 Å². The second kappa shape index (κ2) is 6.25. The maximum absolute atomic E-state index is 12.7. The van der Waals surface area contributed by atoms with E-state index in [9.17, 15) is 4.79 Å². The number of fused-ring (bicyclic) bond motifs is 3. The lowest BCUT2D eigenvalue weighted by atomic mass is 9.82. The minimum atomic E-state index is 0.0559. The van der Waals surface area contributed by atoms with Crippen LogP contribution in [0.3, 0.4) is 0 Å². The number of Topliss-reactive ketones (excluding diaryl/α,β-unsaturated/α-hetero) is 1. The second-order valence-electron chi connectivity index (χ2n) is 6.59. The molecule has 132 valence electrons. The Hall–Kier alpha value is -3.12. The summed E-state index contributed by atoms with van der Waals surface area (Å²) in [6.07, 6.45) is 6.14. The van der Waals surface area contributed by atoms with Crippen molar-refractivity contribution >= 4 is 23.2 Å². The Morgan fingerprint density at radius 2 is 2.04 bits per heavy atom. The molecule has 0 N–H and O–H groups in total. The van der Waals surface area contributed by atoms with Gasteiger partial charge in [-0.15, -0.1) is 5.10 Å². The van der Waals surface area contributed by atoms with E-state index in [1.54, 1.807) is 23.1 Å². The number of ketones is 1. The van der Waals surface area contributed by atoms with Crippen LogP contribution in [0.2, 0.25) is 5.02 Å². The van der Waals surface area contributed by atoms with Gasteiger partial charge in [-0.3, -0.25) is 9.78 Å². The second-order valence-corrected chi connectivity index (χ2v) is 7.03. The predicted octanol–water partition coefficient (Wildman–Crippen LogP) is 3.75.